The molecule has 6 rings (SSSR count). The lowest BCUT2D eigenvalue weighted by Gasteiger charge is -2.38. The normalized spacial score (nSPS) is 26.1. The van der Waals surface area contributed by atoms with E-state index >= 15 is 0 Å². The van der Waals surface area contributed by atoms with E-state index in [0.717, 1.165) is 25.2 Å². The molecule has 0 aliphatic heterocycles. The molecular formula is C34H38. The van der Waals surface area contributed by atoms with Gasteiger partial charge in [-0.15, -0.1) is 0 Å². The van der Waals surface area contributed by atoms with Gasteiger partial charge < -0.3 is 0 Å². The molecule has 4 aliphatic carbocycles. The molecule has 2 aromatic rings. The molecule has 0 nitrogen and oxygen atoms in total. The van der Waals surface area contributed by atoms with Crippen LogP contribution in [-0.2, 0) is 6.42 Å². The molecule has 1 saturated carbocycles. The largest absolute Gasteiger partial charge is 0.0996 e. The molecule has 4 atom stereocenters. The van der Waals surface area contributed by atoms with Crippen molar-refractivity contribution in [3.63, 3.8) is 0 Å². The Hall–Kier alpha value is -2.60. The van der Waals surface area contributed by atoms with Crippen molar-refractivity contribution in [3.8, 4) is 0 Å². The Morgan fingerprint density at radius 1 is 0.971 bits per heavy atom. The third-order valence-electron chi connectivity index (χ3n) is 9.56. The van der Waals surface area contributed by atoms with Gasteiger partial charge in [-0.3, -0.25) is 0 Å². The van der Waals surface area contributed by atoms with Crippen LogP contribution in [0.2, 0.25) is 0 Å². The molecule has 0 bridgehead atoms. The lowest BCUT2D eigenvalue weighted by Crippen LogP contribution is -2.27. The summed E-state index contributed by atoms with van der Waals surface area (Å²) < 4.78 is 0. The van der Waals surface area contributed by atoms with Gasteiger partial charge in [0.15, 0.2) is 0 Å². The molecule has 2 unspecified atom stereocenters. The van der Waals surface area contributed by atoms with E-state index < -0.39 is 0 Å². The van der Waals surface area contributed by atoms with Crippen molar-refractivity contribution < 1.29 is 0 Å². The molecule has 174 valence electrons. The third kappa shape index (κ3) is 3.49. The Bertz CT molecular complexity index is 1200. The predicted octanol–water partition coefficient (Wildman–Crippen LogP) is 9.16. The summed E-state index contributed by atoms with van der Waals surface area (Å²) in [5.41, 5.74) is 13.3. The average Bonchev–Trinajstić information content (AvgIpc) is 3.56. The number of rotatable bonds is 6. The molecule has 2 aromatic carbocycles. The van der Waals surface area contributed by atoms with Gasteiger partial charge in [-0.1, -0.05) is 118 Å². The van der Waals surface area contributed by atoms with Crippen molar-refractivity contribution in [3.05, 3.63) is 107 Å². The second-order valence-corrected chi connectivity index (χ2v) is 11.5. The molecule has 0 spiro atoms. The SMILES string of the molecule is C=C1c2ccccc2C2C3=C(C[C@@H](C(=C)C[C@@H](C)C(=C)CC4CCCC4)C12)c1ccccc1C3. The zero-order valence-electron chi connectivity index (χ0n) is 20.8. The van der Waals surface area contributed by atoms with Crippen LogP contribution in [0.1, 0.15) is 80.0 Å². The van der Waals surface area contributed by atoms with Gasteiger partial charge >= 0.3 is 0 Å². The number of fused-ring (bicyclic) bond motifs is 6. The molecule has 0 heterocycles. The average molecular weight is 447 g/mol. The Balaban J connectivity index is 1.31. The van der Waals surface area contributed by atoms with E-state index in [2.05, 4.69) is 68.6 Å². The Morgan fingerprint density at radius 2 is 1.68 bits per heavy atom. The van der Waals surface area contributed by atoms with Crippen LogP contribution in [0, 0.1) is 23.7 Å². The first-order valence-corrected chi connectivity index (χ1v) is 13.5. The Morgan fingerprint density at radius 3 is 2.47 bits per heavy atom. The maximum absolute atomic E-state index is 4.76. The van der Waals surface area contributed by atoms with Crippen molar-refractivity contribution in [1.29, 1.82) is 0 Å². The van der Waals surface area contributed by atoms with Gasteiger partial charge in [0.05, 0.1) is 0 Å². The molecule has 0 heteroatoms. The van der Waals surface area contributed by atoms with Crippen LogP contribution in [0.25, 0.3) is 11.1 Å². The summed E-state index contributed by atoms with van der Waals surface area (Å²) in [6.45, 7) is 16.4. The van der Waals surface area contributed by atoms with Crippen LogP contribution in [0.4, 0.5) is 0 Å². The minimum Gasteiger partial charge on any atom is -0.0996 e. The highest BCUT2D eigenvalue weighted by Crippen LogP contribution is 2.62. The quantitative estimate of drug-likeness (QED) is 0.388. The lowest BCUT2D eigenvalue weighted by molar-refractivity contribution is 0.400. The first-order valence-electron chi connectivity index (χ1n) is 13.5. The van der Waals surface area contributed by atoms with Crippen LogP contribution < -0.4 is 0 Å². The zero-order valence-corrected chi connectivity index (χ0v) is 20.8. The molecule has 0 saturated heterocycles. The molecule has 0 amide bonds. The summed E-state index contributed by atoms with van der Waals surface area (Å²) in [5, 5.41) is 0. The van der Waals surface area contributed by atoms with Crippen molar-refractivity contribution in [2.45, 2.75) is 64.2 Å². The molecule has 34 heavy (non-hydrogen) atoms. The highest BCUT2D eigenvalue weighted by atomic mass is 14.5. The highest BCUT2D eigenvalue weighted by Gasteiger charge is 2.48. The number of benzene rings is 2. The van der Waals surface area contributed by atoms with Gasteiger partial charge in [-0.2, -0.15) is 0 Å². The molecule has 0 N–H and O–H groups in total. The highest BCUT2D eigenvalue weighted by molar-refractivity contribution is 5.85. The number of hydrogen-bond donors (Lipinski definition) is 0. The molecule has 1 fully saturated rings. The first-order chi connectivity index (χ1) is 16.5. The zero-order chi connectivity index (χ0) is 23.4. The van der Waals surface area contributed by atoms with Crippen molar-refractivity contribution >= 4 is 11.1 Å². The maximum Gasteiger partial charge on any atom is 0.0138 e. The van der Waals surface area contributed by atoms with Gasteiger partial charge in [-0.25, -0.2) is 0 Å². The second-order valence-electron chi connectivity index (χ2n) is 11.5. The van der Waals surface area contributed by atoms with Crippen LogP contribution in [-0.4, -0.2) is 0 Å². The number of allylic oxidation sites excluding steroid dienone is 5. The molecule has 4 aliphatic rings. The van der Waals surface area contributed by atoms with Crippen LogP contribution >= 0.6 is 0 Å². The van der Waals surface area contributed by atoms with E-state index in [1.807, 2.05) is 0 Å². The molecular weight excluding hydrogens is 408 g/mol. The summed E-state index contributed by atoms with van der Waals surface area (Å²) in [5.74, 6) is 2.74. The summed E-state index contributed by atoms with van der Waals surface area (Å²) >= 11 is 0. The fourth-order valence-corrected chi connectivity index (χ4v) is 7.73. The van der Waals surface area contributed by atoms with Crippen molar-refractivity contribution in [2.75, 3.05) is 0 Å². The Kier molecular flexibility index (Phi) is 5.51. The first kappa shape index (κ1) is 21.9. The van der Waals surface area contributed by atoms with Gasteiger partial charge in [0.2, 0.25) is 0 Å². The summed E-state index contributed by atoms with van der Waals surface area (Å²) in [4.78, 5) is 0. The summed E-state index contributed by atoms with van der Waals surface area (Å²) in [6, 6.07) is 18.1. The Labute approximate surface area is 206 Å². The minimum absolute atomic E-state index is 0.452. The summed E-state index contributed by atoms with van der Waals surface area (Å²) in [6.07, 6.45) is 10.1. The minimum atomic E-state index is 0.452. The fourth-order valence-electron chi connectivity index (χ4n) is 7.73. The van der Waals surface area contributed by atoms with Crippen LogP contribution in [0.15, 0.2) is 85.0 Å². The number of hydrogen-bond acceptors (Lipinski definition) is 0. The van der Waals surface area contributed by atoms with Crippen LogP contribution in [0.3, 0.4) is 0 Å². The van der Waals surface area contributed by atoms with Crippen LogP contribution in [0.5, 0.6) is 0 Å². The smallest absolute Gasteiger partial charge is 0.0138 e. The van der Waals surface area contributed by atoms with E-state index in [0.29, 0.717) is 23.7 Å². The summed E-state index contributed by atoms with van der Waals surface area (Å²) in [7, 11) is 0. The second kappa shape index (κ2) is 8.56. The fraction of sp³-hybridized carbons (Fsp3) is 0.412. The molecule has 0 radical (unpaired) electrons. The standard InChI is InChI=1S/C34H38/c1-21(22(2)18-25-11-5-6-12-25)17-23(3)30-20-31-28-15-8-7-13-26(28)19-32(31)34-29-16-10-9-14-27(29)24(4)33(30)34/h7-10,13-16,21,25,30,33-34H,2-6,11-12,17-20H2,1H3/t21-,30+,33?,34?/m1/s1. The van der Waals surface area contributed by atoms with Crippen molar-refractivity contribution in [1.82, 2.24) is 0 Å². The van der Waals surface area contributed by atoms with Gasteiger partial charge in [-0.05, 0) is 76.8 Å². The predicted molar refractivity (Wildman–Crippen MR) is 146 cm³/mol. The third-order valence-corrected chi connectivity index (χ3v) is 9.56. The molecule has 0 aromatic heterocycles. The van der Waals surface area contributed by atoms with Gasteiger partial charge in [0.25, 0.3) is 0 Å². The van der Waals surface area contributed by atoms with Gasteiger partial charge in [0.1, 0.15) is 0 Å². The van der Waals surface area contributed by atoms with E-state index in [9.17, 15) is 0 Å². The maximum atomic E-state index is 4.76. The van der Waals surface area contributed by atoms with E-state index in [4.69, 9.17) is 6.58 Å². The van der Waals surface area contributed by atoms with Gasteiger partial charge in [0, 0.05) is 11.8 Å². The van der Waals surface area contributed by atoms with E-state index in [1.165, 1.54) is 71.1 Å². The van der Waals surface area contributed by atoms with E-state index in [1.54, 1.807) is 11.1 Å². The monoisotopic (exact) mass is 446 g/mol. The van der Waals surface area contributed by atoms with Crippen molar-refractivity contribution in [2.24, 2.45) is 23.7 Å². The lowest BCUT2D eigenvalue weighted by atomic mass is 9.65. The van der Waals surface area contributed by atoms with E-state index in [-0.39, 0.29) is 0 Å². The topological polar surface area (TPSA) is 0 Å².